The zero-order chi connectivity index (χ0) is 12.2. The lowest BCUT2D eigenvalue weighted by Crippen LogP contribution is -2.42. The van der Waals surface area contributed by atoms with Gasteiger partial charge in [-0.1, -0.05) is 13.8 Å². The normalized spacial score (nSPS) is 34.9. The van der Waals surface area contributed by atoms with Crippen LogP contribution >= 0.6 is 0 Å². The molecule has 3 atom stereocenters. The van der Waals surface area contributed by atoms with Gasteiger partial charge in [0.15, 0.2) is 0 Å². The molecule has 0 heterocycles. The molecule has 1 aliphatic carbocycles. The van der Waals surface area contributed by atoms with Gasteiger partial charge in [0.1, 0.15) is 0 Å². The minimum Gasteiger partial charge on any atom is -0.481 e. The highest BCUT2D eigenvalue weighted by Gasteiger charge is 2.39. The van der Waals surface area contributed by atoms with Crippen LogP contribution < -0.4 is 5.32 Å². The van der Waals surface area contributed by atoms with Crippen LogP contribution in [0.5, 0.6) is 0 Å². The molecule has 1 rings (SSSR count). The molecule has 4 nitrogen and oxygen atoms in total. The lowest BCUT2D eigenvalue weighted by molar-refractivity contribution is -0.141. The molecular weight excluding hydrogens is 206 g/mol. The average Bonchev–Trinajstić information content (AvgIpc) is 2.11. The van der Waals surface area contributed by atoms with Gasteiger partial charge in [-0.25, -0.2) is 0 Å². The maximum atomic E-state index is 11.0. The number of carboxylic acids is 1. The van der Waals surface area contributed by atoms with Crippen molar-refractivity contribution in [2.45, 2.75) is 39.5 Å². The van der Waals surface area contributed by atoms with Crippen molar-refractivity contribution in [3.63, 3.8) is 0 Å². The van der Waals surface area contributed by atoms with Crippen LogP contribution in [-0.2, 0) is 4.79 Å². The molecule has 0 amide bonds. The van der Waals surface area contributed by atoms with Crippen molar-refractivity contribution in [3.8, 4) is 0 Å². The molecule has 0 aromatic heterocycles. The third-order valence-corrected chi connectivity index (χ3v) is 3.51. The van der Waals surface area contributed by atoms with Crippen molar-refractivity contribution in [1.29, 1.82) is 0 Å². The second kappa shape index (κ2) is 5.64. The van der Waals surface area contributed by atoms with E-state index >= 15 is 0 Å². The standard InChI is InChI=1S/C12H23NO3/c1-9-3-10(2)5-12(4-9,6-11(15)16)7-13-8-14/h9-10,13-14H,3-8H2,1-2H3,(H,15,16)/t9-,10+,12-. The van der Waals surface area contributed by atoms with E-state index in [1.54, 1.807) is 0 Å². The minimum atomic E-state index is -0.735. The first-order chi connectivity index (χ1) is 7.47. The Morgan fingerprint density at radius 3 is 2.38 bits per heavy atom. The fourth-order valence-corrected chi connectivity index (χ4v) is 3.41. The number of aliphatic hydroxyl groups is 1. The average molecular weight is 229 g/mol. The molecule has 3 N–H and O–H groups in total. The summed E-state index contributed by atoms with van der Waals surface area (Å²) >= 11 is 0. The molecule has 0 radical (unpaired) electrons. The molecule has 4 heteroatoms. The number of carboxylic acid groups (broad SMARTS) is 1. The van der Waals surface area contributed by atoms with Gasteiger partial charge < -0.3 is 10.2 Å². The van der Waals surface area contributed by atoms with Gasteiger partial charge >= 0.3 is 5.97 Å². The lowest BCUT2D eigenvalue weighted by atomic mass is 9.64. The number of hydrogen-bond donors (Lipinski definition) is 3. The number of aliphatic carboxylic acids is 1. The quantitative estimate of drug-likeness (QED) is 0.624. The van der Waals surface area contributed by atoms with Gasteiger partial charge in [-0.05, 0) is 36.5 Å². The van der Waals surface area contributed by atoms with Gasteiger partial charge in [0, 0.05) is 6.54 Å². The van der Waals surface area contributed by atoms with E-state index < -0.39 is 5.97 Å². The number of rotatable bonds is 5. The summed E-state index contributed by atoms with van der Waals surface area (Å²) in [5, 5.41) is 20.7. The monoisotopic (exact) mass is 229 g/mol. The Morgan fingerprint density at radius 1 is 1.38 bits per heavy atom. The topological polar surface area (TPSA) is 69.6 Å². The smallest absolute Gasteiger partial charge is 0.303 e. The third kappa shape index (κ3) is 3.76. The maximum absolute atomic E-state index is 11.0. The number of nitrogens with one attached hydrogen (secondary N) is 1. The third-order valence-electron chi connectivity index (χ3n) is 3.51. The van der Waals surface area contributed by atoms with E-state index in [4.69, 9.17) is 10.2 Å². The van der Waals surface area contributed by atoms with Crippen molar-refractivity contribution in [2.24, 2.45) is 17.3 Å². The Kier molecular flexibility index (Phi) is 4.74. The summed E-state index contributed by atoms with van der Waals surface area (Å²) in [5.41, 5.74) is -0.175. The highest BCUT2D eigenvalue weighted by atomic mass is 16.4. The van der Waals surface area contributed by atoms with E-state index in [0.717, 1.165) is 12.8 Å². The van der Waals surface area contributed by atoms with Crippen LogP contribution in [0.4, 0.5) is 0 Å². The molecule has 0 aliphatic heterocycles. The second-order valence-electron chi connectivity index (χ2n) is 5.51. The van der Waals surface area contributed by atoms with Crippen molar-refractivity contribution in [1.82, 2.24) is 5.32 Å². The Labute approximate surface area is 97.0 Å². The van der Waals surface area contributed by atoms with E-state index in [1.165, 1.54) is 6.42 Å². The van der Waals surface area contributed by atoms with Crippen LogP contribution in [-0.4, -0.2) is 29.5 Å². The first-order valence-corrected chi connectivity index (χ1v) is 6.01. The molecule has 0 saturated heterocycles. The first kappa shape index (κ1) is 13.5. The second-order valence-corrected chi connectivity index (χ2v) is 5.51. The Bertz CT molecular complexity index is 232. The molecule has 0 aromatic carbocycles. The van der Waals surface area contributed by atoms with Crippen LogP contribution in [0.3, 0.4) is 0 Å². The SMILES string of the molecule is C[C@@H]1C[C@H](C)C[C@@](CNCO)(CC(=O)O)C1. The molecule has 0 aromatic rings. The Morgan fingerprint density at radius 2 is 1.94 bits per heavy atom. The van der Waals surface area contributed by atoms with Crippen LogP contribution in [0.1, 0.15) is 39.5 Å². The molecule has 0 bridgehead atoms. The maximum Gasteiger partial charge on any atom is 0.303 e. The van der Waals surface area contributed by atoms with Gasteiger partial charge in [0.05, 0.1) is 13.2 Å². The summed E-state index contributed by atoms with van der Waals surface area (Å²) < 4.78 is 0. The van der Waals surface area contributed by atoms with Crippen LogP contribution in [0.2, 0.25) is 0 Å². The zero-order valence-corrected chi connectivity index (χ0v) is 10.2. The van der Waals surface area contributed by atoms with Crippen LogP contribution in [0.25, 0.3) is 0 Å². The number of aliphatic hydroxyl groups excluding tert-OH is 1. The molecule has 0 unspecified atom stereocenters. The summed E-state index contributed by atoms with van der Waals surface area (Å²) in [6, 6.07) is 0. The minimum absolute atomic E-state index is 0.0792. The van der Waals surface area contributed by atoms with Gasteiger partial charge in [-0.3, -0.25) is 10.1 Å². The van der Waals surface area contributed by atoms with Gasteiger partial charge in [0.2, 0.25) is 0 Å². The Hall–Kier alpha value is -0.610. The van der Waals surface area contributed by atoms with Gasteiger partial charge in [-0.15, -0.1) is 0 Å². The van der Waals surface area contributed by atoms with E-state index in [1.807, 2.05) is 0 Å². The zero-order valence-electron chi connectivity index (χ0n) is 10.2. The summed E-state index contributed by atoms with van der Waals surface area (Å²) in [6.45, 7) is 4.89. The Balaban J connectivity index is 2.71. The first-order valence-electron chi connectivity index (χ1n) is 6.01. The van der Waals surface area contributed by atoms with E-state index in [9.17, 15) is 4.79 Å². The van der Waals surface area contributed by atoms with Crippen molar-refractivity contribution in [2.75, 3.05) is 13.3 Å². The molecule has 1 fully saturated rings. The summed E-state index contributed by atoms with van der Waals surface area (Å²) in [5.74, 6) is 0.410. The molecule has 0 spiro atoms. The van der Waals surface area contributed by atoms with Crippen LogP contribution in [0.15, 0.2) is 0 Å². The predicted molar refractivity (Wildman–Crippen MR) is 62.0 cm³/mol. The summed E-state index contributed by atoms with van der Waals surface area (Å²) in [4.78, 5) is 11.0. The van der Waals surface area contributed by atoms with E-state index in [2.05, 4.69) is 19.2 Å². The van der Waals surface area contributed by atoms with Crippen molar-refractivity contribution < 1.29 is 15.0 Å². The van der Waals surface area contributed by atoms with Gasteiger partial charge in [-0.2, -0.15) is 0 Å². The van der Waals surface area contributed by atoms with Crippen molar-refractivity contribution >= 4 is 5.97 Å². The summed E-state index contributed by atoms with van der Waals surface area (Å²) in [7, 11) is 0. The van der Waals surface area contributed by atoms with Crippen molar-refractivity contribution in [3.05, 3.63) is 0 Å². The van der Waals surface area contributed by atoms with Crippen LogP contribution in [0, 0.1) is 17.3 Å². The van der Waals surface area contributed by atoms with Gasteiger partial charge in [0.25, 0.3) is 0 Å². The fraction of sp³-hybridized carbons (Fsp3) is 0.917. The molecule has 1 saturated carbocycles. The largest absolute Gasteiger partial charge is 0.481 e. The lowest BCUT2D eigenvalue weighted by Gasteiger charge is -2.42. The summed E-state index contributed by atoms with van der Waals surface area (Å²) in [6.07, 6.45) is 3.27. The predicted octanol–water partition coefficient (Wildman–Crippen LogP) is 1.44. The molecule has 94 valence electrons. The molecule has 16 heavy (non-hydrogen) atoms. The highest BCUT2D eigenvalue weighted by molar-refractivity contribution is 5.67. The number of carbonyl (C=O) groups is 1. The molecule has 1 aliphatic rings. The molecular formula is C12H23NO3. The number of hydrogen-bond acceptors (Lipinski definition) is 3. The highest BCUT2D eigenvalue weighted by Crippen LogP contribution is 2.44. The fourth-order valence-electron chi connectivity index (χ4n) is 3.41. The van der Waals surface area contributed by atoms with E-state index in [0.29, 0.717) is 18.4 Å². The van der Waals surface area contributed by atoms with E-state index in [-0.39, 0.29) is 18.6 Å².